The molecule has 0 spiro atoms. The van der Waals surface area contributed by atoms with Crippen LogP contribution in [0.3, 0.4) is 0 Å². The number of rotatable bonds is 8. The van der Waals surface area contributed by atoms with Gasteiger partial charge in [0.15, 0.2) is 0 Å². The van der Waals surface area contributed by atoms with E-state index < -0.39 is 6.10 Å². The molecule has 0 saturated carbocycles. The van der Waals surface area contributed by atoms with E-state index in [1.165, 1.54) is 0 Å². The second-order valence-corrected chi connectivity index (χ2v) is 3.94. The lowest BCUT2D eigenvalue weighted by molar-refractivity contribution is -0.120. The smallest absolute Gasteiger partial charge is 0.234 e. The maximum Gasteiger partial charge on any atom is 0.234 e. The second-order valence-electron chi connectivity index (χ2n) is 3.94. The summed E-state index contributed by atoms with van der Waals surface area (Å²) in [6.07, 6.45) is 2.26. The Balaban J connectivity index is 3.48. The summed E-state index contributed by atoms with van der Waals surface area (Å²) in [6.45, 7) is 6.80. The van der Waals surface area contributed by atoms with Crippen LogP contribution in [0.4, 0.5) is 0 Å². The van der Waals surface area contributed by atoms with Gasteiger partial charge in [-0.15, -0.1) is 0 Å². The zero-order valence-corrected chi connectivity index (χ0v) is 10.0. The van der Waals surface area contributed by atoms with Crippen LogP contribution < -0.4 is 10.6 Å². The van der Waals surface area contributed by atoms with E-state index in [0.717, 1.165) is 19.3 Å². The second kappa shape index (κ2) is 8.68. The maximum absolute atomic E-state index is 11.3. The number of aliphatic hydroxyl groups excluding tert-OH is 1. The molecule has 0 aliphatic carbocycles. The van der Waals surface area contributed by atoms with Crippen molar-refractivity contribution < 1.29 is 9.90 Å². The van der Waals surface area contributed by atoms with Crippen molar-refractivity contribution in [3.8, 4) is 0 Å². The Morgan fingerprint density at radius 3 is 2.60 bits per heavy atom. The summed E-state index contributed by atoms with van der Waals surface area (Å²) in [5, 5.41) is 15.2. The molecular formula is C11H24N2O2. The highest BCUT2D eigenvalue weighted by atomic mass is 16.3. The van der Waals surface area contributed by atoms with Crippen LogP contribution in [0.15, 0.2) is 0 Å². The van der Waals surface area contributed by atoms with Gasteiger partial charge in [0.1, 0.15) is 0 Å². The molecule has 0 bridgehead atoms. The summed E-state index contributed by atoms with van der Waals surface area (Å²) >= 11 is 0. The Kier molecular flexibility index (Phi) is 8.33. The fourth-order valence-corrected chi connectivity index (χ4v) is 1.14. The van der Waals surface area contributed by atoms with Gasteiger partial charge in [-0.1, -0.05) is 20.3 Å². The van der Waals surface area contributed by atoms with Crippen molar-refractivity contribution >= 4 is 5.91 Å². The minimum absolute atomic E-state index is 0.0505. The first kappa shape index (κ1) is 14.4. The molecule has 0 aromatic rings. The number of amides is 1. The van der Waals surface area contributed by atoms with Crippen LogP contribution in [0, 0.1) is 0 Å². The summed E-state index contributed by atoms with van der Waals surface area (Å²) in [6, 6.07) is 0.358. The number of nitrogens with one attached hydrogen (secondary N) is 2. The number of aliphatic hydroxyl groups is 1. The van der Waals surface area contributed by atoms with E-state index in [2.05, 4.69) is 17.6 Å². The molecule has 15 heavy (non-hydrogen) atoms. The molecule has 0 aliphatic heterocycles. The predicted octanol–water partition coefficient (Wildman–Crippen LogP) is 0.652. The van der Waals surface area contributed by atoms with E-state index in [1.54, 1.807) is 0 Å². The molecule has 0 radical (unpaired) electrons. The molecule has 0 aliphatic rings. The molecule has 0 saturated heterocycles. The van der Waals surface area contributed by atoms with E-state index in [9.17, 15) is 9.90 Å². The van der Waals surface area contributed by atoms with Crippen molar-refractivity contribution in [2.75, 3.05) is 13.1 Å². The van der Waals surface area contributed by atoms with Gasteiger partial charge >= 0.3 is 0 Å². The van der Waals surface area contributed by atoms with E-state index >= 15 is 0 Å². The molecule has 1 amide bonds. The summed E-state index contributed by atoms with van der Waals surface area (Å²) in [5.74, 6) is -0.0505. The largest absolute Gasteiger partial charge is 0.391 e. The zero-order chi connectivity index (χ0) is 11.7. The fraction of sp³-hybridized carbons (Fsp3) is 0.909. The van der Waals surface area contributed by atoms with Crippen LogP contribution in [0.25, 0.3) is 0 Å². The van der Waals surface area contributed by atoms with Crippen LogP contribution in [0.1, 0.15) is 40.0 Å². The van der Waals surface area contributed by atoms with Crippen LogP contribution in [0.5, 0.6) is 0 Å². The molecule has 0 rings (SSSR count). The molecule has 0 heterocycles. The standard InChI is InChI=1S/C11H24N2O2/c1-4-6-10(14)7-13-11(15)8-12-9(3)5-2/h9-10,12,14H,4-8H2,1-3H3,(H,13,15). The van der Waals surface area contributed by atoms with Gasteiger partial charge in [-0.05, 0) is 19.8 Å². The summed E-state index contributed by atoms with van der Waals surface area (Å²) < 4.78 is 0. The van der Waals surface area contributed by atoms with E-state index in [1.807, 2.05) is 13.8 Å². The van der Waals surface area contributed by atoms with Gasteiger partial charge in [0.05, 0.1) is 12.6 Å². The zero-order valence-electron chi connectivity index (χ0n) is 10.0. The third-order valence-electron chi connectivity index (χ3n) is 2.38. The molecular weight excluding hydrogens is 192 g/mol. The summed E-state index contributed by atoms with van der Waals surface area (Å²) in [4.78, 5) is 11.3. The Hall–Kier alpha value is -0.610. The van der Waals surface area contributed by atoms with Crippen LogP contribution in [0.2, 0.25) is 0 Å². The number of carbonyl (C=O) groups excluding carboxylic acids is 1. The molecule has 4 nitrogen and oxygen atoms in total. The Morgan fingerprint density at radius 1 is 1.40 bits per heavy atom. The summed E-state index contributed by atoms with van der Waals surface area (Å²) in [7, 11) is 0. The molecule has 90 valence electrons. The van der Waals surface area contributed by atoms with Crippen molar-refractivity contribution in [1.82, 2.24) is 10.6 Å². The minimum atomic E-state index is -0.414. The third-order valence-corrected chi connectivity index (χ3v) is 2.38. The Bertz CT molecular complexity index is 174. The van der Waals surface area contributed by atoms with Gasteiger partial charge in [0.2, 0.25) is 5.91 Å². The Labute approximate surface area is 92.4 Å². The summed E-state index contributed by atoms with van der Waals surface area (Å²) in [5.41, 5.74) is 0. The first-order chi connectivity index (χ1) is 7.10. The van der Waals surface area contributed by atoms with Crippen molar-refractivity contribution in [1.29, 1.82) is 0 Å². The van der Waals surface area contributed by atoms with Crippen LogP contribution in [-0.4, -0.2) is 36.2 Å². The molecule has 0 aromatic heterocycles. The number of hydrogen-bond acceptors (Lipinski definition) is 3. The average molecular weight is 216 g/mol. The van der Waals surface area contributed by atoms with Crippen molar-refractivity contribution in [2.45, 2.75) is 52.2 Å². The molecule has 2 atom stereocenters. The number of carbonyl (C=O) groups is 1. The van der Waals surface area contributed by atoms with Crippen LogP contribution >= 0.6 is 0 Å². The molecule has 0 fully saturated rings. The van der Waals surface area contributed by atoms with E-state index in [0.29, 0.717) is 19.1 Å². The lowest BCUT2D eigenvalue weighted by Gasteiger charge is -2.13. The highest BCUT2D eigenvalue weighted by molar-refractivity contribution is 5.78. The maximum atomic E-state index is 11.3. The van der Waals surface area contributed by atoms with Gasteiger partial charge in [-0.3, -0.25) is 4.79 Å². The molecule has 2 unspecified atom stereocenters. The van der Waals surface area contributed by atoms with Gasteiger partial charge in [-0.2, -0.15) is 0 Å². The average Bonchev–Trinajstić information content (AvgIpc) is 2.23. The molecule has 4 heteroatoms. The van der Waals surface area contributed by atoms with Crippen molar-refractivity contribution in [3.63, 3.8) is 0 Å². The Morgan fingerprint density at radius 2 is 2.07 bits per heavy atom. The molecule has 0 aromatic carbocycles. The van der Waals surface area contributed by atoms with Crippen molar-refractivity contribution in [3.05, 3.63) is 0 Å². The van der Waals surface area contributed by atoms with Crippen molar-refractivity contribution in [2.24, 2.45) is 0 Å². The lowest BCUT2D eigenvalue weighted by Crippen LogP contribution is -2.40. The monoisotopic (exact) mass is 216 g/mol. The van der Waals surface area contributed by atoms with Gasteiger partial charge in [0, 0.05) is 12.6 Å². The third kappa shape index (κ3) is 8.39. The highest BCUT2D eigenvalue weighted by Crippen LogP contribution is 1.93. The van der Waals surface area contributed by atoms with E-state index in [4.69, 9.17) is 0 Å². The van der Waals surface area contributed by atoms with Gasteiger partial charge < -0.3 is 15.7 Å². The highest BCUT2D eigenvalue weighted by Gasteiger charge is 2.06. The normalized spacial score (nSPS) is 14.7. The fourth-order valence-electron chi connectivity index (χ4n) is 1.14. The SMILES string of the molecule is CCCC(O)CNC(=O)CNC(C)CC. The van der Waals surface area contributed by atoms with Gasteiger partial charge in [0.25, 0.3) is 0 Å². The first-order valence-electron chi connectivity index (χ1n) is 5.78. The first-order valence-corrected chi connectivity index (χ1v) is 5.78. The van der Waals surface area contributed by atoms with Gasteiger partial charge in [-0.25, -0.2) is 0 Å². The molecule has 3 N–H and O–H groups in total. The van der Waals surface area contributed by atoms with Crippen LogP contribution in [-0.2, 0) is 4.79 Å². The lowest BCUT2D eigenvalue weighted by atomic mass is 10.2. The van der Waals surface area contributed by atoms with E-state index in [-0.39, 0.29) is 5.91 Å². The number of hydrogen-bond donors (Lipinski definition) is 3. The topological polar surface area (TPSA) is 61.4 Å². The minimum Gasteiger partial charge on any atom is -0.391 e. The predicted molar refractivity (Wildman–Crippen MR) is 61.7 cm³/mol. The quantitative estimate of drug-likeness (QED) is 0.558.